The lowest BCUT2D eigenvalue weighted by atomic mass is 9.81. The SMILES string of the molecule is CC1(C)CC(c2cccc(N)n2)c2cc(C#N)ccc2O1. The first kappa shape index (κ1) is 13.4. The molecule has 1 aromatic carbocycles. The molecule has 0 spiro atoms. The van der Waals surface area contributed by atoms with Gasteiger partial charge in [-0.25, -0.2) is 4.98 Å². The summed E-state index contributed by atoms with van der Waals surface area (Å²) in [5.41, 5.74) is 8.09. The van der Waals surface area contributed by atoms with Crippen LogP contribution in [0, 0.1) is 11.3 Å². The van der Waals surface area contributed by atoms with E-state index < -0.39 is 0 Å². The predicted octanol–water partition coefficient (Wildman–Crippen LogP) is 3.23. The Hall–Kier alpha value is -2.54. The van der Waals surface area contributed by atoms with Crippen LogP contribution in [-0.4, -0.2) is 10.6 Å². The van der Waals surface area contributed by atoms with E-state index in [2.05, 4.69) is 24.9 Å². The van der Waals surface area contributed by atoms with Crippen molar-refractivity contribution in [1.29, 1.82) is 5.26 Å². The van der Waals surface area contributed by atoms with E-state index in [4.69, 9.17) is 15.7 Å². The Labute approximate surface area is 124 Å². The van der Waals surface area contributed by atoms with Gasteiger partial charge in [-0.1, -0.05) is 6.07 Å². The molecular formula is C17H17N3O. The molecule has 0 saturated carbocycles. The predicted molar refractivity (Wildman–Crippen MR) is 81.0 cm³/mol. The molecule has 1 atom stereocenters. The molecule has 1 aliphatic heterocycles. The smallest absolute Gasteiger partial charge is 0.124 e. The van der Waals surface area contributed by atoms with Crippen LogP contribution in [0.4, 0.5) is 5.82 Å². The monoisotopic (exact) mass is 279 g/mol. The van der Waals surface area contributed by atoms with E-state index >= 15 is 0 Å². The van der Waals surface area contributed by atoms with Gasteiger partial charge in [-0.3, -0.25) is 0 Å². The third-order valence-corrected chi connectivity index (χ3v) is 3.75. The second-order valence-electron chi connectivity index (χ2n) is 5.97. The van der Waals surface area contributed by atoms with Crippen molar-refractivity contribution in [2.75, 3.05) is 5.73 Å². The first-order valence-corrected chi connectivity index (χ1v) is 6.94. The van der Waals surface area contributed by atoms with Gasteiger partial charge < -0.3 is 10.5 Å². The highest BCUT2D eigenvalue weighted by atomic mass is 16.5. The summed E-state index contributed by atoms with van der Waals surface area (Å²) in [5.74, 6) is 1.41. The van der Waals surface area contributed by atoms with Gasteiger partial charge in [0.15, 0.2) is 0 Å². The maximum atomic E-state index is 9.12. The number of hydrogen-bond donors (Lipinski definition) is 1. The van der Waals surface area contributed by atoms with Gasteiger partial charge in [0.1, 0.15) is 17.2 Å². The molecule has 2 aromatic rings. The zero-order valence-corrected chi connectivity index (χ0v) is 12.1. The van der Waals surface area contributed by atoms with Gasteiger partial charge in [-0.15, -0.1) is 0 Å². The van der Waals surface area contributed by atoms with Gasteiger partial charge in [0.25, 0.3) is 0 Å². The fraction of sp³-hybridized carbons (Fsp3) is 0.294. The molecule has 1 aliphatic rings. The van der Waals surface area contributed by atoms with Crippen LogP contribution in [0.2, 0.25) is 0 Å². The molecule has 4 nitrogen and oxygen atoms in total. The highest BCUT2D eigenvalue weighted by Gasteiger charge is 2.35. The quantitative estimate of drug-likeness (QED) is 0.870. The van der Waals surface area contributed by atoms with Crippen LogP contribution >= 0.6 is 0 Å². The minimum Gasteiger partial charge on any atom is -0.488 e. The number of nitrogens with two attached hydrogens (primary N) is 1. The van der Waals surface area contributed by atoms with Crippen molar-refractivity contribution in [2.24, 2.45) is 0 Å². The van der Waals surface area contributed by atoms with E-state index in [0.29, 0.717) is 11.4 Å². The molecule has 21 heavy (non-hydrogen) atoms. The number of benzene rings is 1. The molecule has 2 N–H and O–H groups in total. The molecule has 1 unspecified atom stereocenters. The lowest BCUT2D eigenvalue weighted by Crippen LogP contribution is -2.35. The average Bonchev–Trinajstić information content (AvgIpc) is 2.45. The fourth-order valence-corrected chi connectivity index (χ4v) is 2.85. The Morgan fingerprint density at radius 3 is 2.86 bits per heavy atom. The summed E-state index contributed by atoms with van der Waals surface area (Å²) in [4.78, 5) is 4.46. The first-order valence-electron chi connectivity index (χ1n) is 6.94. The van der Waals surface area contributed by atoms with Crippen molar-refractivity contribution in [2.45, 2.75) is 31.8 Å². The number of anilines is 1. The highest BCUT2D eigenvalue weighted by molar-refractivity contribution is 5.49. The normalized spacial score (nSPS) is 19.2. The van der Waals surface area contributed by atoms with E-state index in [0.717, 1.165) is 23.4 Å². The summed E-state index contributed by atoms with van der Waals surface area (Å²) in [7, 11) is 0. The van der Waals surface area contributed by atoms with E-state index in [-0.39, 0.29) is 11.5 Å². The molecule has 3 rings (SSSR count). The average molecular weight is 279 g/mol. The lowest BCUT2D eigenvalue weighted by molar-refractivity contribution is 0.0769. The minimum absolute atomic E-state index is 0.0838. The van der Waals surface area contributed by atoms with Gasteiger partial charge >= 0.3 is 0 Å². The fourth-order valence-electron chi connectivity index (χ4n) is 2.85. The molecule has 0 radical (unpaired) electrons. The van der Waals surface area contributed by atoms with E-state index in [1.807, 2.05) is 24.3 Å². The minimum atomic E-state index is -0.280. The van der Waals surface area contributed by atoms with E-state index in [9.17, 15) is 0 Å². The summed E-state index contributed by atoms with van der Waals surface area (Å²) < 4.78 is 6.03. The van der Waals surface area contributed by atoms with E-state index in [1.54, 1.807) is 12.1 Å². The van der Waals surface area contributed by atoms with Crippen molar-refractivity contribution >= 4 is 5.82 Å². The van der Waals surface area contributed by atoms with Crippen molar-refractivity contribution < 1.29 is 4.74 Å². The molecule has 1 aromatic heterocycles. The number of fused-ring (bicyclic) bond motifs is 1. The summed E-state index contributed by atoms with van der Waals surface area (Å²) in [6.45, 7) is 4.13. The Balaban J connectivity index is 2.15. The Morgan fingerprint density at radius 2 is 2.14 bits per heavy atom. The number of hydrogen-bond acceptors (Lipinski definition) is 4. The first-order chi connectivity index (χ1) is 9.98. The Kier molecular flexibility index (Phi) is 3.06. The number of nitriles is 1. The standard InChI is InChI=1S/C17H17N3O/c1-17(2)9-13(14-4-3-5-16(19)20-14)12-8-11(10-18)6-7-15(12)21-17/h3-8,13H,9H2,1-2H3,(H2,19,20). The number of nitrogen functional groups attached to an aromatic ring is 1. The van der Waals surface area contributed by atoms with Crippen LogP contribution < -0.4 is 10.5 Å². The molecule has 0 aliphatic carbocycles. The maximum Gasteiger partial charge on any atom is 0.124 e. The van der Waals surface area contributed by atoms with Gasteiger partial charge in [0, 0.05) is 11.5 Å². The molecule has 0 saturated heterocycles. The number of pyridine rings is 1. The number of rotatable bonds is 1. The second-order valence-corrected chi connectivity index (χ2v) is 5.97. The van der Waals surface area contributed by atoms with Crippen LogP contribution in [0.3, 0.4) is 0 Å². The molecule has 4 heteroatoms. The Bertz CT molecular complexity index is 731. The molecule has 0 fully saturated rings. The second kappa shape index (κ2) is 4.78. The zero-order valence-electron chi connectivity index (χ0n) is 12.1. The number of nitrogens with zero attached hydrogens (tertiary/aromatic N) is 2. The molecule has 0 bridgehead atoms. The summed E-state index contributed by atoms with van der Waals surface area (Å²) >= 11 is 0. The van der Waals surface area contributed by atoms with Crippen molar-refractivity contribution in [1.82, 2.24) is 4.98 Å². The highest BCUT2D eigenvalue weighted by Crippen LogP contribution is 2.44. The number of aromatic nitrogens is 1. The molecular weight excluding hydrogens is 262 g/mol. The summed E-state index contributed by atoms with van der Waals surface area (Å²) in [6.07, 6.45) is 0.797. The molecule has 2 heterocycles. The van der Waals surface area contributed by atoms with Crippen LogP contribution in [0.5, 0.6) is 5.75 Å². The third-order valence-electron chi connectivity index (χ3n) is 3.75. The largest absolute Gasteiger partial charge is 0.488 e. The Morgan fingerprint density at radius 1 is 1.33 bits per heavy atom. The lowest BCUT2D eigenvalue weighted by Gasteiger charge is -2.37. The van der Waals surface area contributed by atoms with Gasteiger partial charge in [0.05, 0.1) is 17.3 Å². The number of ether oxygens (including phenoxy) is 1. The van der Waals surface area contributed by atoms with Crippen LogP contribution in [0.15, 0.2) is 36.4 Å². The van der Waals surface area contributed by atoms with Crippen LogP contribution in [-0.2, 0) is 0 Å². The summed E-state index contributed by atoms with van der Waals surface area (Å²) in [5, 5.41) is 9.12. The third kappa shape index (κ3) is 2.55. The van der Waals surface area contributed by atoms with Gasteiger partial charge in [0.2, 0.25) is 0 Å². The van der Waals surface area contributed by atoms with E-state index in [1.165, 1.54) is 0 Å². The van der Waals surface area contributed by atoms with Crippen molar-refractivity contribution in [3.05, 3.63) is 53.2 Å². The van der Waals surface area contributed by atoms with Crippen molar-refractivity contribution in [3.8, 4) is 11.8 Å². The van der Waals surface area contributed by atoms with Crippen LogP contribution in [0.25, 0.3) is 0 Å². The maximum absolute atomic E-state index is 9.12. The molecule has 0 amide bonds. The molecule has 106 valence electrons. The summed E-state index contributed by atoms with van der Waals surface area (Å²) in [6, 6.07) is 13.4. The van der Waals surface area contributed by atoms with Crippen LogP contribution in [0.1, 0.15) is 43.0 Å². The van der Waals surface area contributed by atoms with Gasteiger partial charge in [-0.2, -0.15) is 5.26 Å². The zero-order chi connectivity index (χ0) is 15.0. The van der Waals surface area contributed by atoms with Crippen molar-refractivity contribution in [3.63, 3.8) is 0 Å². The topological polar surface area (TPSA) is 71.9 Å². The van der Waals surface area contributed by atoms with Gasteiger partial charge in [-0.05, 0) is 50.6 Å².